The lowest BCUT2D eigenvalue weighted by Gasteiger charge is -2.13. The number of benzene rings is 3. The Morgan fingerprint density at radius 3 is 2.17 bits per heavy atom. The van der Waals surface area contributed by atoms with E-state index in [1.807, 2.05) is 33.8 Å². The third kappa shape index (κ3) is 7.27. The van der Waals surface area contributed by atoms with Gasteiger partial charge >= 0.3 is 0 Å². The SMILES string of the molecule is CCC(C)Oc1ccc(C(=O)NC(=S)Nc2ccc(S(=O)(=O)Nc3ccc(C)c(C)c3)cc2)cc1. The van der Waals surface area contributed by atoms with E-state index in [4.69, 9.17) is 17.0 Å². The molecule has 1 atom stereocenters. The molecule has 3 rings (SSSR count). The molecule has 3 N–H and O–H groups in total. The summed E-state index contributed by atoms with van der Waals surface area (Å²) in [5.74, 6) is 0.327. The van der Waals surface area contributed by atoms with E-state index in [2.05, 4.69) is 15.4 Å². The molecule has 0 aliphatic rings. The molecular formula is C26H29N3O4S2. The van der Waals surface area contributed by atoms with Crippen molar-refractivity contribution in [1.29, 1.82) is 0 Å². The van der Waals surface area contributed by atoms with E-state index in [1.165, 1.54) is 12.1 Å². The van der Waals surface area contributed by atoms with Crippen LogP contribution in [-0.2, 0) is 10.0 Å². The number of carbonyl (C=O) groups excluding carboxylic acids is 1. The molecule has 184 valence electrons. The molecule has 0 aliphatic carbocycles. The molecule has 35 heavy (non-hydrogen) atoms. The van der Waals surface area contributed by atoms with Gasteiger partial charge in [0.05, 0.1) is 11.0 Å². The van der Waals surface area contributed by atoms with Gasteiger partial charge in [-0.2, -0.15) is 0 Å². The maximum absolute atomic E-state index is 12.7. The Morgan fingerprint density at radius 1 is 0.943 bits per heavy atom. The van der Waals surface area contributed by atoms with Gasteiger partial charge in [-0.25, -0.2) is 8.42 Å². The Morgan fingerprint density at radius 2 is 1.57 bits per heavy atom. The Hall–Kier alpha value is -3.43. The smallest absolute Gasteiger partial charge is 0.261 e. The van der Waals surface area contributed by atoms with E-state index in [9.17, 15) is 13.2 Å². The van der Waals surface area contributed by atoms with E-state index in [-0.39, 0.29) is 22.0 Å². The highest BCUT2D eigenvalue weighted by atomic mass is 32.2. The van der Waals surface area contributed by atoms with Gasteiger partial charge in [0, 0.05) is 16.9 Å². The van der Waals surface area contributed by atoms with E-state index >= 15 is 0 Å². The van der Waals surface area contributed by atoms with Crippen LogP contribution in [0.25, 0.3) is 0 Å². The number of thiocarbonyl (C=S) groups is 1. The van der Waals surface area contributed by atoms with Crippen molar-refractivity contribution in [3.63, 3.8) is 0 Å². The number of ether oxygens (including phenoxy) is 1. The van der Waals surface area contributed by atoms with Crippen LogP contribution in [0.5, 0.6) is 5.75 Å². The first kappa shape index (κ1) is 26.2. The van der Waals surface area contributed by atoms with Crippen LogP contribution in [0.3, 0.4) is 0 Å². The van der Waals surface area contributed by atoms with Crippen LogP contribution in [0, 0.1) is 13.8 Å². The van der Waals surface area contributed by atoms with Gasteiger partial charge in [-0.15, -0.1) is 0 Å². The van der Waals surface area contributed by atoms with Crippen LogP contribution < -0.4 is 20.1 Å². The van der Waals surface area contributed by atoms with Crippen LogP contribution in [0.1, 0.15) is 41.8 Å². The fraction of sp³-hybridized carbons (Fsp3) is 0.231. The molecule has 1 unspecified atom stereocenters. The lowest BCUT2D eigenvalue weighted by Crippen LogP contribution is -2.34. The second-order valence-corrected chi connectivity index (χ2v) is 10.3. The first-order valence-electron chi connectivity index (χ1n) is 11.2. The average Bonchev–Trinajstić information content (AvgIpc) is 2.82. The van der Waals surface area contributed by atoms with Gasteiger partial charge in [0.25, 0.3) is 15.9 Å². The van der Waals surface area contributed by atoms with Crippen LogP contribution in [0.4, 0.5) is 11.4 Å². The van der Waals surface area contributed by atoms with Gasteiger partial charge in [0.2, 0.25) is 0 Å². The molecule has 0 aliphatic heterocycles. The zero-order valence-electron chi connectivity index (χ0n) is 20.1. The minimum Gasteiger partial charge on any atom is -0.491 e. The molecule has 0 radical (unpaired) electrons. The summed E-state index contributed by atoms with van der Waals surface area (Å²) in [6, 6.07) is 18.3. The highest BCUT2D eigenvalue weighted by Crippen LogP contribution is 2.20. The molecule has 0 spiro atoms. The van der Waals surface area contributed by atoms with Gasteiger partial charge in [-0.05, 0) is 111 Å². The Balaban J connectivity index is 1.58. The third-order valence-corrected chi connectivity index (χ3v) is 7.04. The number of aryl methyl sites for hydroxylation is 2. The lowest BCUT2D eigenvalue weighted by atomic mass is 10.1. The maximum atomic E-state index is 12.7. The Kier molecular flexibility index (Phi) is 8.48. The van der Waals surface area contributed by atoms with Crippen molar-refractivity contribution in [2.75, 3.05) is 10.0 Å². The molecule has 0 saturated carbocycles. The molecule has 1 amide bonds. The molecule has 7 nitrogen and oxygen atoms in total. The second-order valence-electron chi connectivity index (χ2n) is 8.20. The van der Waals surface area contributed by atoms with E-state index in [0.29, 0.717) is 22.7 Å². The summed E-state index contributed by atoms with van der Waals surface area (Å²) < 4.78 is 33.7. The van der Waals surface area contributed by atoms with Crippen molar-refractivity contribution < 1.29 is 17.9 Å². The van der Waals surface area contributed by atoms with Crippen molar-refractivity contribution in [2.45, 2.75) is 45.1 Å². The molecule has 0 aromatic heterocycles. The topological polar surface area (TPSA) is 96.5 Å². The summed E-state index contributed by atoms with van der Waals surface area (Å²) in [6.45, 7) is 7.91. The highest BCUT2D eigenvalue weighted by Gasteiger charge is 2.15. The fourth-order valence-corrected chi connectivity index (χ4v) is 4.33. The average molecular weight is 512 g/mol. The monoisotopic (exact) mass is 511 g/mol. The van der Waals surface area contributed by atoms with E-state index < -0.39 is 10.0 Å². The molecule has 3 aromatic carbocycles. The zero-order valence-corrected chi connectivity index (χ0v) is 21.7. The molecular weight excluding hydrogens is 482 g/mol. The summed E-state index contributed by atoms with van der Waals surface area (Å²) in [5.41, 5.74) is 3.55. The van der Waals surface area contributed by atoms with Crippen molar-refractivity contribution >= 4 is 44.6 Å². The molecule has 0 fully saturated rings. The minimum absolute atomic E-state index is 0.0930. The lowest BCUT2D eigenvalue weighted by molar-refractivity contribution is 0.0977. The summed E-state index contributed by atoms with van der Waals surface area (Å²) in [6.07, 6.45) is 0.980. The third-order valence-electron chi connectivity index (χ3n) is 5.44. The van der Waals surface area contributed by atoms with Crippen molar-refractivity contribution in [3.8, 4) is 5.75 Å². The molecule has 9 heteroatoms. The molecule has 0 saturated heterocycles. The summed E-state index contributed by atoms with van der Waals surface area (Å²) in [4.78, 5) is 12.6. The van der Waals surface area contributed by atoms with Gasteiger partial charge in [0.1, 0.15) is 5.75 Å². The van der Waals surface area contributed by atoms with Crippen molar-refractivity contribution in [2.24, 2.45) is 0 Å². The number of anilines is 2. The Labute approximate surface area is 212 Å². The zero-order chi connectivity index (χ0) is 25.6. The minimum atomic E-state index is -3.75. The van der Waals surface area contributed by atoms with Crippen LogP contribution in [-0.4, -0.2) is 25.5 Å². The van der Waals surface area contributed by atoms with E-state index in [1.54, 1.807) is 48.5 Å². The quantitative estimate of drug-likeness (QED) is 0.350. The normalized spacial score (nSPS) is 11.9. The first-order valence-corrected chi connectivity index (χ1v) is 13.1. The number of hydrogen-bond donors (Lipinski definition) is 3. The predicted molar refractivity (Wildman–Crippen MR) is 144 cm³/mol. The number of nitrogens with one attached hydrogen (secondary N) is 3. The van der Waals surface area contributed by atoms with Crippen molar-refractivity contribution in [3.05, 3.63) is 83.4 Å². The molecule has 0 bridgehead atoms. The number of amides is 1. The summed E-state index contributed by atoms with van der Waals surface area (Å²) in [7, 11) is -3.75. The number of hydrogen-bond acceptors (Lipinski definition) is 5. The first-order chi connectivity index (χ1) is 16.6. The van der Waals surface area contributed by atoms with Crippen molar-refractivity contribution in [1.82, 2.24) is 5.32 Å². The number of carbonyl (C=O) groups is 1. The molecule has 3 aromatic rings. The standard InChI is InChI=1S/C26H29N3O4S2/c1-5-19(4)33-23-12-7-20(8-13-23)25(30)28-26(34)27-21-10-14-24(15-11-21)35(31,32)29-22-9-6-17(2)18(3)16-22/h6-16,19,29H,5H2,1-4H3,(H2,27,28,30,34). The van der Waals surface area contributed by atoms with Crippen LogP contribution in [0.2, 0.25) is 0 Å². The largest absolute Gasteiger partial charge is 0.491 e. The van der Waals surface area contributed by atoms with Crippen LogP contribution >= 0.6 is 12.2 Å². The van der Waals surface area contributed by atoms with Gasteiger partial charge in [-0.1, -0.05) is 13.0 Å². The summed E-state index contributed by atoms with van der Waals surface area (Å²) in [5, 5.41) is 5.60. The predicted octanol–water partition coefficient (Wildman–Crippen LogP) is 5.41. The van der Waals surface area contributed by atoms with Crippen LogP contribution in [0.15, 0.2) is 71.6 Å². The number of rotatable bonds is 8. The van der Waals surface area contributed by atoms with Gasteiger partial charge < -0.3 is 10.1 Å². The fourth-order valence-electron chi connectivity index (χ4n) is 3.07. The summed E-state index contributed by atoms with van der Waals surface area (Å²) >= 11 is 5.23. The van der Waals surface area contributed by atoms with E-state index in [0.717, 1.165) is 17.5 Å². The molecule has 0 heterocycles. The maximum Gasteiger partial charge on any atom is 0.261 e. The second kappa shape index (κ2) is 11.3. The van der Waals surface area contributed by atoms with Gasteiger partial charge in [0.15, 0.2) is 5.11 Å². The highest BCUT2D eigenvalue weighted by molar-refractivity contribution is 7.92. The van der Waals surface area contributed by atoms with Gasteiger partial charge in [-0.3, -0.25) is 14.8 Å². The number of sulfonamides is 1. The Bertz CT molecular complexity index is 1310.